The lowest BCUT2D eigenvalue weighted by Crippen LogP contribution is -2.50. The van der Waals surface area contributed by atoms with Gasteiger partial charge in [0.25, 0.3) is 0 Å². The van der Waals surface area contributed by atoms with Gasteiger partial charge in [-0.05, 0) is 13.0 Å². The molecule has 3 nitrogen and oxygen atoms in total. The number of rotatable bonds is 1. The first-order valence-corrected chi connectivity index (χ1v) is 3.48. The monoisotopic (exact) mass is 155 g/mol. The van der Waals surface area contributed by atoms with Crippen LogP contribution in [0.2, 0.25) is 0 Å². The Morgan fingerprint density at radius 1 is 1.73 bits per heavy atom. The number of methoxy groups -OCH3 is 1. The Bertz CT molecular complexity index is 206. The topological polar surface area (TPSA) is 55.5 Å². The highest BCUT2D eigenvalue weighted by atomic mass is 16.5. The summed E-state index contributed by atoms with van der Waals surface area (Å²) in [6, 6.07) is 0. The van der Waals surface area contributed by atoms with Crippen molar-refractivity contribution in [1.82, 2.24) is 0 Å². The molecule has 0 aromatic carbocycles. The first-order valence-electron chi connectivity index (χ1n) is 3.48. The quantitative estimate of drug-likeness (QED) is 0.587. The van der Waals surface area contributed by atoms with Crippen LogP contribution in [0.1, 0.15) is 6.92 Å². The summed E-state index contributed by atoms with van der Waals surface area (Å²) >= 11 is 0. The van der Waals surface area contributed by atoms with Gasteiger partial charge < -0.3 is 15.6 Å². The minimum Gasteiger partial charge on any atom is -0.510 e. The van der Waals surface area contributed by atoms with E-state index >= 15 is 0 Å². The van der Waals surface area contributed by atoms with Crippen LogP contribution in [-0.2, 0) is 4.74 Å². The molecule has 0 fully saturated rings. The highest BCUT2D eigenvalue weighted by Crippen LogP contribution is 2.22. The number of hydrogen-bond donors (Lipinski definition) is 2. The van der Waals surface area contributed by atoms with Gasteiger partial charge in [0, 0.05) is 7.11 Å². The fourth-order valence-corrected chi connectivity index (χ4v) is 1.10. The molecule has 2 unspecified atom stereocenters. The van der Waals surface area contributed by atoms with Crippen LogP contribution >= 0.6 is 0 Å². The van der Waals surface area contributed by atoms with Crippen LogP contribution in [0.5, 0.6) is 0 Å². The van der Waals surface area contributed by atoms with Crippen LogP contribution in [0.25, 0.3) is 0 Å². The van der Waals surface area contributed by atoms with Crippen molar-refractivity contribution in [2.24, 2.45) is 5.73 Å². The number of aliphatic hydroxyl groups excluding tert-OH is 1. The van der Waals surface area contributed by atoms with Gasteiger partial charge in [0.1, 0.15) is 17.4 Å². The molecule has 3 heteroatoms. The SMILES string of the molecule is COC1C=CC=C(O)C1(C)N. The maximum absolute atomic E-state index is 9.34. The number of ether oxygens (including phenoxy) is 1. The zero-order valence-electron chi connectivity index (χ0n) is 6.74. The summed E-state index contributed by atoms with van der Waals surface area (Å²) in [5.41, 5.74) is 4.99. The molecule has 0 saturated heterocycles. The summed E-state index contributed by atoms with van der Waals surface area (Å²) in [6.45, 7) is 1.73. The average Bonchev–Trinajstić information content (AvgIpc) is 1.95. The number of hydrogen-bond acceptors (Lipinski definition) is 3. The normalized spacial score (nSPS) is 37.0. The minimum atomic E-state index is -0.788. The van der Waals surface area contributed by atoms with E-state index in [1.807, 2.05) is 6.08 Å². The summed E-state index contributed by atoms with van der Waals surface area (Å²) in [6.07, 6.45) is 4.89. The Morgan fingerprint density at radius 2 is 2.36 bits per heavy atom. The van der Waals surface area contributed by atoms with Crippen LogP contribution in [0.4, 0.5) is 0 Å². The highest BCUT2D eigenvalue weighted by Gasteiger charge is 2.34. The summed E-state index contributed by atoms with van der Waals surface area (Å²) in [4.78, 5) is 0. The maximum atomic E-state index is 9.34. The van der Waals surface area contributed by atoms with Crippen LogP contribution in [0, 0.1) is 0 Å². The van der Waals surface area contributed by atoms with Gasteiger partial charge in [-0.1, -0.05) is 12.2 Å². The molecule has 0 amide bonds. The van der Waals surface area contributed by atoms with Crippen LogP contribution in [0.3, 0.4) is 0 Å². The lowest BCUT2D eigenvalue weighted by Gasteiger charge is -2.32. The van der Waals surface area contributed by atoms with E-state index in [4.69, 9.17) is 10.5 Å². The molecule has 0 saturated carbocycles. The molecule has 0 radical (unpaired) electrons. The molecule has 1 aliphatic rings. The predicted octanol–water partition coefficient (Wildman–Crippen LogP) is 0.731. The zero-order valence-corrected chi connectivity index (χ0v) is 6.74. The van der Waals surface area contributed by atoms with E-state index in [9.17, 15) is 5.11 Å². The largest absolute Gasteiger partial charge is 0.510 e. The van der Waals surface area contributed by atoms with Crippen LogP contribution < -0.4 is 5.73 Å². The van der Waals surface area contributed by atoms with Gasteiger partial charge in [0.05, 0.1) is 0 Å². The summed E-state index contributed by atoms with van der Waals surface area (Å²) in [5.74, 6) is 0.159. The highest BCUT2D eigenvalue weighted by molar-refractivity contribution is 5.28. The van der Waals surface area contributed by atoms with Crippen molar-refractivity contribution in [1.29, 1.82) is 0 Å². The zero-order chi connectivity index (χ0) is 8.48. The second-order valence-electron chi connectivity index (χ2n) is 2.88. The van der Waals surface area contributed by atoms with Gasteiger partial charge in [0.15, 0.2) is 0 Å². The molecule has 0 bridgehead atoms. The Morgan fingerprint density at radius 3 is 2.82 bits per heavy atom. The van der Waals surface area contributed by atoms with Gasteiger partial charge >= 0.3 is 0 Å². The number of allylic oxidation sites excluding steroid dienone is 2. The third kappa shape index (κ3) is 1.29. The first-order chi connectivity index (χ1) is 5.09. The Hall–Kier alpha value is -0.800. The first kappa shape index (κ1) is 8.30. The maximum Gasteiger partial charge on any atom is 0.115 e. The smallest absolute Gasteiger partial charge is 0.115 e. The Balaban J connectivity index is 2.89. The van der Waals surface area contributed by atoms with Crippen molar-refractivity contribution in [3.8, 4) is 0 Å². The molecule has 1 aliphatic carbocycles. The van der Waals surface area contributed by atoms with Crippen molar-refractivity contribution in [2.45, 2.75) is 18.6 Å². The molecule has 1 rings (SSSR count). The van der Waals surface area contributed by atoms with E-state index in [1.165, 1.54) is 0 Å². The molecule has 0 aliphatic heterocycles. The summed E-state index contributed by atoms with van der Waals surface area (Å²) in [7, 11) is 1.57. The second-order valence-corrected chi connectivity index (χ2v) is 2.88. The number of nitrogens with two attached hydrogens (primary N) is 1. The van der Waals surface area contributed by atoms with Crippen molar-refractivity contribution in [3.05, 3.63) is 24.0 Å². The summed E-state index contributed by atoms with van der Waals surface area (Å²) in [5, 5.41) is 9.34. The minimum absolute atomic E-state index is 0.159. The third-order valence-electron chi connectivity index (χ3n) is 1.94. The molecule has 62 valence electrons. The molecular formula is C8H13NO2. The molecule has 3 N–H and O–H groups in total. The van der Waals surface area contributed by atoms with Gasteiger partial charge in [-0.3, -0.25) is 0 Å². The van der Waals surface area contributed by atoms with E-state index in [1.54, 1.807) is 26.2 Å². The predicted molar refractivity (Wildman–Crippen MR) is 43.2 cm³/mol. The summed E-state index contributed by atoms with van der Waals surface area (Å²) < 4.78 is 5.06. The van der Waals surface area contributed by atoms with Crippen molar-refractivity contribution >= 4 is 0 Å². The third-order valence-corrected chi connectivity index (χ3v) is 1.94. The fraction of sp³-hybridized carbons (Fsp3) is 0.500. The van der Waals surface area contributed by atoms with E-state index in [-0.39, 0.29) is 11.9 Å². The Labute approximate surface area is 66.2 Å². The van der Waals surface area contributed by atoms with Gasteiger partial charge in [0.2, 0.25) is 0 Å². The number of aliphatic hydroxyl groups is 1. The van der Waals surface area contributed by atoms with Gasteiger partial charge in [-0.25, -0.2) is 0 Å². The van der Waals surface area contributed by atoms with E-state index in [2.05, 4.69) is 0 Å². The molecule has 0 aromatic heterocycles. The van der Waals surface area contributed by atoms with Crippen molar-refractivity contribution < 1.29 is 9.84 Å². The molecular weight excluding hydrogens is 142 g/mol. The Kier molecular flexibility index (Phi) is 2.02. The molecule has 11 heavy (non-hydrogen) atoms. The lowest BCUT2D eigenvalue weighted by atomic mass is 9.89. The van der Waals surface area contributed by atoms with E-state index < -0.39 is 5.54 Å². The average molecular weight is 155 g/mol. The lowest BCUT2D eigenvalue weighted by molar-refractivity contribution is 0.0726. The van der Waals surface area contributed by atoms with Gasteiger partial charge in [-0.15, -0.1) is 0 Å². The molecule has 0 aromatic rings. The van der Waals surface area contributed by atoms with Crippen LogP contribution in [0.15, 0.2) is 24.0 Å². The van der Waals surface area contributed by atoms with Crippen LogP contribution in [-0.4, -0.2) is 23.9 Å². The molecule has 0 spiro atoms. The fourth-order valence-electron chi connectivity index (χ4n) is 1.10. The van der Waals surface area contributed by atoms with Gasteiger partial charge in [-0.2, -0.15) is 0 Å². The van der Waals surface area contributed by atoms with Crippen molar-refractivity contribution in [2.75, 3.05) is 7.11 Å². The standard InChI is InChI=1S/C8H13NO2/c1-8(9)6(10)4-3-5-7(8)11-2/h3-5,7,10H,9H2,1-2H3. The second kappa shape index (κ2) is 2.68. The molecule has 0 heterocycles. The molecule has 2 atom stereocenters. The van der Waals surface area contributed by atoms with E-state index in [0.717, 1.165) is 0 Å². The van der Waals surface area contributed by atoms with Crippen molar-refractivity contribution in [3.63, 3.8) is 0 Å². The van der Waals surface area contributed by atoms with E-state index in [0.29, 0.717) is 0 Å².